The summed E-state index contributed by atoms with van der Waals surface area (Å²) >= 11 is 0. The van der Waals surface area contributed by atoms with Crippen LogP contribution in [0.3, 0.4) is 0 Å². The predicted octanol–water partition coefficient (Wildman–Crippen LogP) is 0.901. The number of carbonyl (C=O) groups is 2. The molecule has 2 bridgehead atoms. The summed E-state index contributed by atoms with van der Waals surface area (Å²) < 4.78 is 16.2. The zero-order chi connectivity index (χ0) is 15.8. The fourth-order valence-electron chi connectivity index (χ4n) is 3.79. The number of ether oxygens (including phenoxy) is 3. The number of rotatable bonds is 9. The summed E-state index contributed by atoms with van der Waals surface area (Å²) in [7, 11) is 0. The molecule has 0 aromatic carbocycles. The van der Waals surface area contributed by atoms with Crippen molar-refractivity contribution in [3.05, 3.63) is 12.2 Å². The number of amides is 2. The Hall–Kier alpha value is -1.24. The summed E-state index contributed by atoms with van der Waals surface area (Å²) in [5.74, 6) is -0.611. The molecule has 0 aromatic rings. The molecule has 4 aliphatic heterocycles. The van der Waals surface area contributed by atoms with Gasteiger partial charge in [-0.25, -0.2) is 0 Å². The van der Waals surface area contributed by atoms with Crippen molar-refractivity contribution in [1.82, 2.24) is 4.90 Å². The number of hydrogen-bond acceptors (Lipinski definition) is 5. The Kier molecular flexibility index (Phi) is 4.22. The highest BCUT2D eigenvalue weighted by Gasteiger charge is 2.60. The topological polar surface area (TPSA) is 68.4 Å². The summed E-state index contributed by atoms with van der Waals surface area (Å²) in [4.78, 5) is 26.3. The molecular weight excluding hydrogens is 298 g/mol. The Morgan fingerprint density at radius 2 is 1.70 bits per heavy atom. The Labute approximate surface area is 135 Å². The molecule has 0 N–H and O–H groups in total. The van der Waals surface area contributed by atoms with E-state index in [0.717, 1.165) is 38.9 Å². The number of epoxide rings is 1. The zero-order valence-corrected chi connectivity index (χ0v) is 13.2. The molecule has 6 heteroatoms. The molecule has 0 saturated carbocycles. The molecule has 0 radical (unpaired) electrons. The third-order valence-electron chi connectivity index (χ3n) is 5.13. The minimum absolute atomic E-state index is 0.0374. The van der Waals surface area contributed by atoms with Crippen molar-refractivity contribution in [2.24, 2.45) is 11.8 Å². The van der Waals surface area contributed by atoms with Gasteiger partial charge in [-0.2, -0.15) is 0 Å². The van der Waals surface area contributed by atoms with Gasteiger partial charge in [-0.3, -0.25) is 14.5 Å². The highest BCUT2D eigenvalue weighted by molar-refractivity contribution is 6.06. The van der Waals surface area contributed by atoms with Crippen LogP contribution in [0.4, 0.5) is 0 Å². The molecular formula is C17H23NO5. The number of fused-ring (bicyclic) bond motifs is 5. The Morgan fingerprint density at radius 1 is 1.04 bits per heavy atom. The van der Waals surface area contributed by atoms with E-state index in [2.05, 4.69) is 0 Å². The van der Waals surface area contributed by atoms with Crippen LogP contribution in [-0.4, -0.2) is 61.4 Å². The fraction of sp³-hybridized carbons (Fsp3) is 0.765. The van der Waals surface area contributed by atoms with Gasteiger partial charge in [0.2, 0.25) is 11.8 Å². The minimum Gasteiger partial charge on any atom is -0.379 e. The molecule has 6 nitrogen and oxygen atoms in total. The first-order chi connectivity index (χ1) is 11.3. The average molecular weight is 321 g/mol. The Morgan fingerprint density at radius 3 is 2.35 bits per heavy atom. The lowest BCUT2D eigenvalue weighted by Gasteiger charge is -2.17. The first-order valence-electron chi connectivity index (χ1n) is 8.64. The molecule has 126 valence electrons. The van der Waals surface area contributed by atoms with Gasteiger partial charge in [0.1, 0.15) is 6.10 Å². The van der Waals surface area contributed by atoms with Crippen molar-refractivity contribution in [3.63, 3.8) is 0 Å². The van der Waals surface area contributed by atoms with Crippen molar-refractivity contribution >= 4 is 11.8 Å². The Bertz CT molecular complexity index is 485. The normalized spacial score (nSPS) is 37.0. The standard InChI is InChI=1S/C17H23NO5/c19-16-14-12-5-6-13(23-12)15(14)17(20)18(16)7-3-1-2-4-8-21-9-11-10-22-11/h5-6,11-15H,1-4,7-10H2/t11-,12-,13+,14-,15+/m1/s1. The number of nitrogens with zero attached hydrogens (tertiary/aromatic N) is 1. The summed E-state index contributed by atoms with van der Waals surface area (Å²) in [6.45, 7) is 2.85. The molecule has 4 heterocycles. The second-order valence-electron chi connectivity index (χ2n) is 6.77. The van der Waals surface area contributed by atoms with E-state index in [1.54, 1.807) is 0 Å². The number of carbonyl (C=O) groups excluding carboxylic acids is 2. The van der Waals surface area contributed by atoms with Gasteiger partial charge >= 0.3 is 0 Å². The predicted molar refractivity (Wildman–Crippen MR) is 80.5 cm³/mol. The van der Waals surface area contributed by atoms with Crippen LogP contribution in [-0.2, 0) is 23.8 Å². The summed E-state index contributed by atoms with van der Waals surface area (Å²) in [6.07, 6.45) is 7.77. The van der Waals surface area contributed by atoms with Crippen molar-refractivity contribution in [2.75, 3.05) is 26.4 Å². The Balaban J connectivity index is 1.14. The highest BCUT2D eigenvalue weighted by Crippen LogP contribution is 2.45. The first-order valence-corrected chi connectivity index (χ1v) is 8.64. The van der Waals surface area contributed by atoms with Gasteiger partial charge < -0.3 is 14.2 Å². The van der Waals surface area contributed by atoms with E-state index in [9.17, 15) is 9.59 Å². The van der Waals surface area contributed by atoms with E-state index in [1.807, 2.05) is 12.2 Å². The molecule has 2 amide bonds. The van der Waals surface area contributed by atoms with E-state index >= 15 is 0 Å². The molecule has 5 atom stereocenters. The van der Waals surface area contributed by atoms with Crippen LogP contribution in [0, 0.1) is 11.8 Å². The largest absolute Gasteiger partial charge is 0.379 e. The van der Waals surface area contributed by atoms with E-state index in [-0.39, 0.29) is 35.9 Å². The third-order valence-corrected chi connectivity index (χ3v) is 5.13. The van der Waals surface area contributed by atoms with Crippen LogP contribution in [0.1, 0.15) is 25.7 Å². The monoisotopic (exact) mass is 321 g/mol. The summed E-state index contributed by atoms with van der Waals surface area (Å²) in [5.41, 5.74) is 0. The first kappa shape index (κ1) is 15.3. The molecule has 3 fully saturated rings. The number of unbranched alkanes of at least 4 members (excludes halogenated alkanes) is 3. The SMILES string of the molecule is O=C1[C@@H]2[C@H](C(=O)N1CCCCCCOC[C@@H]1CO1)[C@H]1C=C[C@@H]2O1. The average Bonchev–Trinajstić information content (AvgIpc) is 3.05. The quantitative estimate of drug-likeness (QED) is 0.273. The van der Waals surface area contributed by atoms with Gasteiger partial charge in [-0.05, 0) is 12.8 Å². The van der Waals surface area contributed by atoms with Crippen LogP contribution >= 0.6 is 0 Å². The van der Waals surface area contributed by atoms with E-state index < -0.39 is 0 Å². The second kappa shape index (κ2) is 6.34. The smallest absolute Gasteiger partial charge is 0.236 e. The van der Waals surface area contributed by atoms with Crippen LogP contribution < -0.4 is 0 Å². The lowest BCUT2D eigenvalue weighted by atomic mass is 9.85. The van der Waals surface area contributed by atoms with E-state index in [1.165, 1.54) is 4.90 Å². The van der Waals surface area contributed by atoms with Gasteiger partial charge in [-0.1, -0.05) is 25.0 Å². The molecule has 0 aliphatic carbocycles. The lowest BCUT2D eigenvalue weighted by molar-refractivity contribution is -0.142. The van der Waals surface area contributed by atoms with E-state index in [0.29, 0.717) is 19.3 Å². The van der Waals surface area contributed by atoms with Gasteiger partial charge in [0.25, 0.3) is 0 Å². The summed E-state index contributed by atoms with van der Waals surface area (Å²) in [5, 5.41) is 0. The van der Waals surface area contributed by atoms with Gasteiger partial charge in [-0.15, -0.1) is 0 Å². The molecule has 0 unspecified atom stereocenters. The third kappa shape index (κ3) is 2.95. The van der Waals surface area contributed by atoms with Crippen molar-refractivity contribution in [1.29, 1.82) is 0 Å². The van der Waals surface area contributed by atoms with Crippen molar-refractivity contribution in [3.8, 4) is 0 Å². The summed E-state index contributed by atoms with van der Waals surface area (Å²) in [6, 6.07) is 0. The number of imide groups is 1. The maximum absolute atomic E-state index is 12.4. The minimum atomic E-state index is -0.268. The molecule has 0 aromatic heterocycles. The van der Waals surface area contributed by atoms with Crippen molar-refractivity contribution < 1.29 is 23.8 Å². The highest BCUT2D eigenvalue weighted by atomic mass is 16.6. The van der Waals surface area contributed by atoms with Crippen molar-refractivity contribution in [2.45, 2.75) is 44.0 Å². The van der Waals surface area contributed by atoms with Crippen LogP contribution in [0.15, 0.2) is 12.2 Å². The molecule has 4 rings (SSSR count). The van der Waals surface area contributed by atoms with Gasteiger partial charge in [0.05, 0.1) is 37.3 Å². The number of hydrogen-bond donors (Lipinski definition) is 0. The van der Waals surface area contributed by atoms with Crippen LogP contribution in [0.25, 0.3) is 0 Å². The van der Waals surface area contributed by atoms with Gasteiger partial charge in [0, 0.05) is 13.2 Å². The molecule has 0 spiro atoms. The van der Waals surface area contributed by atoms with Gasteiger partial charge in [0.15, 0.2) is 0 Å². The maximum atomic E-state index is 12.4. The zero-order valence-electron chi connectivity index (χ0n) is 13.2. The molecule has 23 heavy (non-hydrogen) atoms. The van der Waals surface area contributed by atoms with Crippen LogP contribution in [0.5, 0.6) is 0 Å². The maximum Gasteiger partial charge on any atom is 0.236 e. The van der Waals surface area contributed by atoms with E-state index in [4.69, 9.17) is 14.2 Å². The lowest BCUT2D eigenvalue weighted by Crippen LogP contribution is -2.35. The fourth-order valence-corrected chi connectivity index (χ4v) is 3.79. The van der Waals surface area contributed by atoms with Crippen LogP contribution in [0.2, 0.25) is 0 Å². The second-order valence-corrected chi connectivity index (χ2v) is 6.77. The molecule has 4 aliphatic rings. The molecule has 3 saturated heterocycles. The number of likely N-dealkylation sites (tertiary alicyclic amines) is 1.